The van der Waals surface area contributed by atoms with E-state index >= 15 is 0 Å². The van der Waals surface area contributed by atoms with Crippen molar-refractivity contribution in [3.05, 3.63) is 123 Å². The van der Waals surface area contributed by atoms with Crippen molar-refractivity contribution in [2.24, 2.45) is 0 Å². The summed E-state index contributed by atoms with van der Waals surface area (Å²) in [4.78, 5) is 45.2. The lowest BCUT2D eigenvalue weighted by atomic mass is 10.1. The molecule has 4 aromatic carbocycles. The highest BCUT2D eigenvalue weighted by Gasteiger charge is 2.21. The fraction of sp³-hybridized carbons (Fsp3) is 0.111. The molecule has 9 nitrogen and oxygen atoms in total. The van der Waals surface area contributed by atoms with Crippen molar-refractivity contribution in [2.75, 3.05) is 17.7 Å². The number of nitrogens with zero attached hydrogens (tertiary/aromatic N) is 1. The number of benzene rings is 4. The number of carbonyl (C=O) groups excluding carboxylic acids is 3. The summed E-state index contributed by atoms with van der Waals surface area (Å²) in [6.07, 6.45) is 2.00. The first kappa shape index (κ1) is 35.5. The number of hydrogen-bond acceptors (Lipinski definition) is 8. The molecule has 1 atom stereocenters. The van der Waals surface area contributed by atoms with Crippen molar-refractivity contribution in [2.45, 2.75) is 23.5 Å². The Balaban J connectivity index is 1.30. The smallest absolute Gasteiger partial charge is 0.272 e. The van der Waals surface area contributed by atoms with Crippen LogP contribution in [0.1, 0.15) is 29.3 Å². The fourth-order valence-electron chi connectivity index (χ4n) is 4.59. The highest BCUT2D eigenvalue weighted by molar-refractivity contribution is 8.00. The third kappa shape index (κ3) is 9.42. The Labute approximate surface area is 301 Å². The second kappa shape index (κ2) is 16.5. The van der Waals surface area contributed by atoms with Crippen LogP contribution in [0.4, 0.5) is 10.8 Å². The van der Waals surface area contributed by atoms with Gasteiger partial charge in [-0.3, -0.25) is 14.4 Å². The molecule has 4 N–H and O–H groups in total. The molecule has 0 bridgehead atoms. The molecular weight excluding hydrogens is 703 g/mol. The van der Waals surface area contributed by atoms with Gasteiger partial charge in [0, 0.05) is 43.7 Å². The second-order valence-electron chi connectivity index (χ2n) is 10.5. The van der Waals surface area contributed by atoms with Gasteiger partial charge in [-0.15, -0.1) is 23.1 Å². The van der Waals surface area contributed by atoms with Gasteiger partial charge in [0.05, 0.1) is 23.1 Å². The van der Waals surface area contributed by atoms with Crippen LogP contribution in [0.3, 0.4) is 0 Å². The molecule has 0 spiro atoms. The van der Waals surface area contributed by atoms with Crippen LogP contribution in [0.2, 0.25) is 10.0 Å². The molecule has 0 fully saturated rings. The second-order valence-corrected chi connectivity index (χ2v) is 13.4. The van der Waals surface area contributed by atoms with Crippen LogP contribution in [-0.4, -0.2) is 40.2 Å². The van der Waals surface area contributed by atoms with Gasteiger partial charge in [0.15, 0.2) is 5.13 Å². The van der Waals surface area contributed by atoms with Crippen molar-refractivity contribution in [3.8, 4) is 22.8 Å². The van der Waals surface area contributed by atoms with Gasteiger partial charge in [-0.2, -0.15) is 0 Å². The van der Waals surface area contributed by atoms with Gasteiger partial charge in [-0.05, 0) is 73.2 Å². The summed E-state index contributed by atoms with van der Waals surface area (Å²) in [6, 6.07) is 25.1. The number of amides is 3. The van der Waals surface area contributed by atoms with Gasteiger partial charge in [0.25, 0.3) is 11.8 Å². The largest absolute Gasteiger partial charge is 0.508 e. The molecule has 0 aliphatic rings. The number of phenolic OH excluding ortho intramolecular Hbond substituents is 1. The van der Waals surface area contributed by atoms with E-state index in [1.54, 1.807) is 72.8 Å². The lowest BCUT2D eigenvalue weighted by Crippen LogP contribution is -2.30. The molecule has 0 saturated heterocycles. The fourth-order valence-corrected chi connectivity index (χ4v) is 6.82. The number of methoxy groups -OCH3 is 1. The predicted molar refractivity (Wildman–Crippen MR) is 198 cm³/mol. The molecule has 1 aromatic heterocycles. The molecule has 1 unspecified atom stereocenters. The summed E-state index contributed by atoms with van der Waals surface area (Å²) in [5.41, 5.74) is 2.57. The minimum absolute atomic E-state index is 0.0130. The number of rotatable bonds is 12. The van der Waals surface area contributed by atoms with Gasteiger partial charge in [-0.1, -0.05) is 54.4 Å². The first-order chi connectivity index (χ1) is 23.6. The summed E-state index contributed by atoms with van der Waals surface area (Å²) in [7, 11) is 1.44. The number of anilines is 2. The van der Waals surface area contributed by atoms with Crippen molar-refractivity contribution in [3.63, 3.8) is 0 Å². The summed E-state index contributed by atoms with van der Waals surface area (Å²) in [5, 5.41) is 21.1. The highest BCUT2D eigenvalue weighted by Crippen LogP contribution is 2.34. The number of aromatic nitrogens is 1. The number of carbonyl (C=O) groups is 3. The summed E-state index contributed by atoms with van der Waals surface area (Å²) < 4.78 is 5.37. The van der Waals surface area contributed by atoms with Crippen molar-refractivity contribution < 1.29 is 24.2 Å². The highest BCUT2D eigenvalue weighted by atomic mass is 35.5. The van der Waals surface area contributed by atoms with Gasteiger partial charge in [0.2, 0.25) is 5.91 Å². The molecule has 250 valence electrons. The van der Waals surface area contributed by atoms with E-state index in [0.717, 1.165) is 4.90 Å². The Morgan fingerprint density at radius 1 is 0.980 bits per heavy atom. The van der Waals surface area contributed by atoms with Crippen LogP contribution in [0, 0.1) is 0 Å². The topological polar surface area (TPSA) is 130 Å². The lowest BCUT2D eigenvalue weighted by molar-refractivity contribution is -0.116. The number of halogens is 2. The van der Waals surface area contributed by atoms with E-state index in [1.165, 1.54) is 48.4 Å². The zero-order valence-electron chi connectivity index (χ0n) is 26.2. The van der Waals surface area contributed by atoms with Crippen LogP contribution in [0.5, 0.6) is 11.5 Å². The van der Waals surface area contributed by atoms with Crippen LogP contribution in [-0.2, 0) is 9.59 Å². The molecule has 3 amide bonds. The van der Waals surface area contributed by atoms with Gasteiger partial charge in [-0.25, -0.2) is 4.98 Å². The first-order valence-electron chi connectivity index (χ1n) is 14.9. The predicted octanol–water partition coefficient (Wildman–Crippen LogP) is 8.75. The van der Waals surface area contributed by atoms with Crippen molar-refractivity contribution in [1.82, 2.24) is 10.3 Å². The third-order valence-corrected chi connectivity index (χ3v) is 9.68. The normalized spacial score (nSPS) is 11.8. The van der Waals surface area contributed by atoms with Crippen molar-refractivity contribution in [1.29, 1.82) is 0 Å². The zero-order chi connectivity index (χ0) is 34.9. The number of aromatic hydroxyl groups is 1. The molecule has 0 aliphatic carbocycles. The number of thioether (sulfide) groups is 1. The summed E-state index contributed by atoms with van der Waals surface area (Å²) >= 11 is 15.0. The third-order valence-electron chi connectivity index (χ3n) is 7.02. The number of ether oxygens (including phenoxy) is 1. The molecule has 5 aromatic rings. The van der Waals surface area contributed by atoms with Crippen LogP contribution in [0.15, 0.2) is 107 Å². The number of nitrogens with one attached hydrogen (secondary N) is 3. The Hall–Kier alpha value is -4.81. The number of phenols is 1. The van der Waals surface area contributed by atoms with Gasteiger partial charge in [0.1, 0.15) is 17.2 Å². The molecule has 0 radical (unpaired) electrons. The molecular formula is C36H30Cl2N4O5S2. The maximum Gasteiger partial charge on any atom is 0.272 e. The van der Waals surface area contributed by atoms with E-state index < -0.39 is 17.1 Å². The molecule has 0 saturated carbocycles. The van der Waals surface area contributed by atoms with E-state index in [-0.39, 0.29) is 17.4 Å². The van der Waals surface area contributed by atoms with E-state index in [2.05, 4.69) is 20.9 Å². The molecule has 13 heteroatoms. The maximum absolute atomic E-state index is 13.6. The zero-order valence-corrected chi connectivity index (χ0v) is 29.3. The average Bonchev–Trinajstić information content (AvgIpc) is 3.55. The monoisotopic (exact) mass is 732 g/mol. The molecule has 49 heavy (non-hydrogen) atoms. The minimum atomic E-state index is -0.591. The van der Waals surface area contributed by atoms with Crippen molar-refractivity contribution >= 4 is 80.9 Å². The van der Waals surface area contributed by atoms with E-state index in [1.807, 2.05) is 18.4 Å². The van der Waals surface area contributed by atoms with E-state index in [9.17, 15) is 19.5 Å². The SMILES string of the molecule is CCC(Sc1cccc(NC(=O)/C(=C\c2ccc(O)cc2OC)NC(=O)c2ccccc2)c1)C(=O)Nc1nc(-c2ccc(Cl)cc2Cl)cs1. The number of thiazole rings is 1. The standard InChI is InChI=1S/C36H30Cl2N4O5S2/c1-3-32(35(46)42-36-41-30(20-48-36)27-15-13-23(37)17-28(27)38)49-26-11-7-10-24(18-26)39-34(45)29(40-33(44)21-8-5-4-6-9-21)16-22-12-14-25(43)19-31(22)47-2/h4-20,32,43H,3H2,1-2H3,(H,39,45)(H,40,44)(H,41,42,46)/b29-16+. The van der Waals surface area contributed by atoms with Crippen LogP contribution < -0.4 is 20.7 Å². The van der Waals surface area contributed by atoms with Crippen LogP contribution >= 0.6 is 46.3 Å². The summed E-state index contributed by atoms with van der Waals surface area (Å²) in [5.74, 6) is -0.997. The number of hydrogen-bond donors (Lipinski definition) is 4. The van der Waals surface area contributed by atoms with E-state index in [0.29, 0.717) is 55.4 Å². The Kier molecular flexibility index (Phi) is 12.0. The average molecular weight is 734 g/mol. The van der Waals surface area contributed by atoms with Crippen LogP contribution in [0.25, 0.3) is 17.3 Å². The van der Waals surface area contributed by atoms with Gasteiger partial charge < -0.3 is 25.8 Å². The Morgan fingerprint density at radius 3 is 2.51 bits per heavy atom. The van der Waals surface area contributed by atoms with Gasteiger partial charge >= 0.3 is 0 Å². The molecule has 5 rings (SSSR count). The first-order valence-corrected chi connectivity index (χ1v) is 17.4. The van der Waals surface area contributed by atoms with E-state index in [4.69, 9.17) is 27.9 Å². The molecule has 1 heterocycles. The Morgan fingerprint density at radius 2 is 1.78 bits per heavy atom. The lowest BCUT2D eigenvalue weighted by Gasteiger charge is -2.15. The minimum Gasteiger partial charge on any atom is -0.508 e. The quantitative estimate of drug-likeness (QED) is 0.0746. The molecule has 0 aliphatic heterocycles. The summed E-state index contributed by atoms with van der Waals surface area (Å²) in [6.45, 7) is 1.91. The maximum atomic E-state index is 13.6. The Bertz CT molecular complexity index is 2020.